The SMILES string of the molecule is CC(=O)SC[C@@H](O[Si](C)(C)C(C)(C)C)C1(O)C=CC(=O)O1. The quantitative estimate of drug-likeness (QED) is 0.616. The lowest BCUT2D eigenvalue weighted by atomic mass is 10.2. The zero-order valence-corrected chi connectivity index (χ0v) is 15.2. The fourth-order valence-electron chi connectivity index (χ4n) is 1.55. The summed E-state index contributed by atoms with van der Waals surface area (Å²) < 4.78 is 11.2. The van der Waals surface area contributed by atoms with Crippen molar-refractivity contribution in [3.05, 3.63) is 12.2 Å². The van der Waals surface area contributed by atoms with Crippen molar-refractivity contribution in [2.24, 2.45) is 0 Å². The van der Waals surface area contributed by atoms with Crippen LogP contribution in [0.4, 0.5) is 0 Å². The first kappa shape index (κ1) is 18.4. The highest BCUT2D eigenvalue weighted by Gasteiger charge is 2.48. The van der Waals surface area contributed by atoms with E-state index in [2.05, 4.69) is 20.8 Å². The van der Waals surface area contributed by atoms with Crippen LogP contribution in [0.15, 0.2) is 12.2 Å². The number of rotatable bonds is 5. The third-order valence-corrected chi connectivity index (χ3v) is 9.23. The summed E-state index contributed by atoms with van der Waals surface area (Å²) in [6.45, 7) is 11.8. The Balaban J connectivity index is 2.96. The minimum Gasteiger partial charge on any atom is -0.423 e. The van der Waals surface area contributed by atoms with E-state index >= 15 is 0 Å². The van der Waals surface area contributed by atoms with Gasteiger partial charge < -0.3 is 14.3 Å². The standard InChI is InChI=1S/C14H24O5SSi/c1-10(15)20-9-11(14(17)8-7-12(16)18-14)19-21(5,6)13(2,3)4/h7-8,11,17H,9H2,1-6H3/t11-,14?/m1/s1. The molecule has 21 heavy (non-hydrogen) atoms. The monoisotopic (exact) mass is 332 g/mol. The second-order valence-electron chi connectivity index (χ2n) is 6.68. The smallest absolute Gasteiger partial charge is 0.333 e. The molecule has 1 aliphatic heterocycles. The highest BCUT2D eigenvalue weighted by atomic mass is 32.2. The Kier molecular flexibility index (Phi) is 5.47. The average Bonchev–Trinajstić information content (AvgIpc) is 2.63. The lowest BCUT2D eigenvalue weighted by Gasteiger charge is -2.42. The molecule has 1 heterocycles. The number of esters is 1. The molecule has 0 aromatic heterocycles. The van der Waals surface area contributed by atoms with Crippen LogP contribution in [0.5, 0.6) is 0 Å². The minimum absolute atomic E-state index is 0.0607. The van der Waals surface area contributed by atoms with Crippen molar-refractivity contribution in [1.82, 2.24) is 0 Å². The molecule has 1 aliphatic rings. The van der Waals surface area contributed by atoms with E-state index in [-0.39, 0.29) is 15.9 Å². The molecule has 0 amide bonds. The van der Waals surface area contributed by atoms with E-state index in [1.54, 1.807) is 0 Å². The van der Waals surface area contributed by atoms with Crippen molar-refractivity contribution >= 4 is 31.2 Å². The van der Waals surface area contributed by atoms with Gasteiger partial charge in [-0.25, -0.2) is 4.79 Å². The zero-order chi connectivity index (χ0) is 16.5. The molecule has 0 spiro atoms. The third kappa shape index (κ3) is 4.67. The molecule has 5 nitrogen and oxygen atoms in total. The second-order valence-corrected chi connectivity index (χ2v) is 12.6. The highest BCUT2D eigenvalue weighted by molar-refractivity contribution is 8.13. The van der Waals surface area contributed by atoms with Gasteiger partial charge in [-0.05, 0) is 24.2 Å². The number of cyclic esters (lactones) is 1. The summed E-state index contributed by atoms with van der Waals surface area (Å²) in [5.74, 6) is -2.17. The van der Waals surface area contributed by atoms with Crippen molar-refractivity contribution < 1.29 is 23.9 Å². The molecule has 2 atom stereocenters. The Bertz CT molecular complexity index is 455. The van der Waals surface area contributed by atoms with Gasteiger partial charge in [-0.3, -0.25) is 4.79 Å². The molecule has 0 aromatic carbocycles. The van der Waals surface area contributed by atoms with Crippen LogP contribution >= 0.6 is 11.8 Å². The average molecular weight is 332 g/mol. The number of carbonyl (C=O) groups excluding carboxylic acids is 2. The Morgan fingerprint density at radius 2 is 2.10 bits per heavy atom. The summed E-state index contributed by atoms with van der Waals surface area (Å²) in [6, 6.07) is 0. The van der Waals surface area contributed by atoms with Crippen LogP contribution < -0.4 is 0 Å². The topological polar surface area (TPSA) is 72.8 Å². The second kappa shape index (κ2) is 6.24. The van der Waals surface area contributed by atoms with Crippen molar-refractivity contribution in [2.75, 3.05) is 5.75 Å². The van der Waals surface area contributed by atoms with Gasteiger partial charge in [0.25, 0.3) is 5.79 Å². The molecule has 0 saturated heterocycles. The fourth-order valence-corrected chi connectivity index (χ4v) is 3.68. The maximum absolute atomic E-state index is 11.3. The van der Waals surface area contributed by atoms with E-state index in [9.17, 15) is 14.7 Å². The lowest BCUT2D eigenvalue weighted by molar-refractivity contribution is -0.203. The van der Waals surface area contributed by atoms with Crippen LogP contribution in [0.25, 0.3) is 0 Å². The van der Waals surface area contributed by atoms with E-state index in [4.69, 9.17) is 9.16 Å². The number of thioether (sulfide) groups is 1. The number of hydrogen-bond acceptors (Lipinski definition) is 6. The molecule has 0 radical (unpaired) electrons. The minimum atomic E-state index is -2.19. The molecule has 1 unspecified atom stereocenters. The van der Waals surface area contributed by atoms with Crippen LogP contribution in [0.3, 0.4) is 0 Å². The summed E-state index contributed by atoms with van der Waals surface area (Å²) >= 11 is 1.05. The normalized spacial score (nSPS) is 24.0. The summed E-state index contributed by atoms with van der Waals surface area (Å²) in [4.78, 5) is 22.5. The van der Waals surface area contributed by atoms with Gasteiger partial charge in [-0.1, -0.05) is 32.5 Å². The van der Waals surface area contributed by atoms with Gasteiger partial charge in [-0.15, -0.1) is 0 Å². The van der Waals surface area contributed by atoms with E-state index in [0.29, 0.717) is 0 Å². The van der Waals surface area contributed by atoms with Crippen molar-refractivity contribution in [2.45, 2.75) is 57.7 Å². The molecule has 0 bridgehead atoms. The number of aliphatic hydroxyl groups is 1. The Morgan fingerprint density at radius 1 is 1.52 bits per heavy atom. The van der Waals surface area contributed by atoms with Crippen molar-refractivity contribution in [1.29, 1.82) is 0 Å². The molecular weight excluding hydrogens is 308 g/mol. The molecule has 0 fully saturated rings. The first-order valence-electron chi connectivity index (χ1n) is 6.83. The first-order chi connectivity index (χ1) is 9.37. The largest absolute Gasteiger partial charge is 0.423 e. The maximum Gasteiger partial charge on any atom is 0.333 e. The van der Waals surface area contributed by atoms with Gasteiger partial charge in [0.2, 0.25) is 0 Å². The van der Waals surface area contributed by atoms with Gasteiger partial charge in [0.05, 0.1) is 0 Å². The Labute approximate surface area is 131 Å². The van der Waals surface area contributed by atoms with Gasteiger partial charge >= 0.3 is 5.97 Å². The maximum atomic E-state index is 11.3. The summed E-state index contributed by atoms with van der Waals surface area (Å²) in [7, 11) is -2.19. The van der Waals surface area contributed by atoms with Gasteiger partial charge in [-0.2, -0.15) is 0 Å². The van der Waals surface area contributed by atoms with E-state index < -0.39 is 26.2 Å². The van der Waals surface area contributed by atoms with Crippen molar-refractivity contribution in [3.63, 3.8) is 0 Å². The Morgan fingerprint density at radius 3 is 2.48 bits per heavy atom. The molecule has 1 rings (SSSR count). The first-order valence-corrected chi connectivity index (χ1v) is 10.7. The van der Waals surface area contributed by atoms with Gasteiger partial charge in [0.15, 0.2) is 13.4 Å². The van der Waals surface area contributed by atoms with Crippen LogP contribution in [0, 0.1) is 0 Å². The van der Waals surface area contributed by atoms with Gasteiger partial charge in [0.1, 0.15) is 6.10 Å². The molecule has 120 valence electrons. The van der Waals surface area contributed by atoms with E-state index in [1.165, 1.54) is 19.1 Å². The predicted molar refractivity (Wildman–Crippen MR) is 85.4 cm³/mol. The summed E-state index contributed by atoms with van der Waals surface area (Å²) in [5.41, 5.74) is 0. The van der Waals surface area contributed by atoms with Crippen LogP contribution in [0.2, 0.25) is 18.1 Å². The molecular formula is C14H24O5SSi. The van der Waals surface area contributed by atoms with Crippen molar-refractivity contribution in [3.8, 4) is 0 Å². The highest BCUT2D eigenvalue weighted by Crippen LogP contribution is 2.40. The lowest BCUT2D eigenvalue weighted by Crippen LogP contribution is -2.53. The fraction of sp³-hybridized carbons (Fsp3) is 0.714. The van der Waals surface area contributed by atoms with Gasteiger partial charge in [0, 0.05) is 18.8 Å². The van der Waals surface area contributed by atoms with Crippen LogP contribution in [-0.4, -0.2) is 42.2 Å². The number of ether oxygens (including phenoxy) is 1. The molecule has 7 heteroatoms. The third-order valence-electron chi connectivity index (χ3n) is 3.86. The zero-order valence-electron chi connectivity index (χ0n) is 13.4. The summed E-state index contributed by atoms with van der Waals surface area (Å²) in [6.07, 6.45) is 1.71. The molecule has 0 aromatic rings. The van der Waals surface area contributed by atoms with Crippen LogP contribution in [-0.2, 0) is 18.8 Å². The molecule has 1 N–H and O–H groups in total. The number of carbonyl (C=O) groups is 2. The van der Waals surface area contributed by atoms with E-state index in [1.807, 2.05) is 13.1 Å². The van der Waals surface area contributed by atoms with Crippen LogP contribution in [0.1, 0.15) is 27.7 Å². The van der Waals surface area contributed by atoms with E-state index in [0.717, 1.165) is 11.8 Å². The summed E-state index contributed by atoms with van der Waals surface area (Å²) in [5, 5.41) is 10.4. The number of hydrogen-bond donors (Lipinski definition) is 1. The molecule has 0 saturated carbocycles. The Hall–Kier alpha value is -0.633. The molecule has 0 aliphatic carbocycles. The predicted octanol–water partition coefficient (Wildman–Crippen LogP) is 2.46.